The maximum absolute atomic E-state index is 12.5. The fraction of sp³-hybridized carbons (Fsp3) is 0.800. The Morgan fingerprint density at radius 1 is 1.41 bits per heavy atom. The Morgan fingerprint density at radius 3 is 2.68 bits per heavy atom. The summed E-state index contributed by atoms with van der Waals surface area (Å²) in [5.41, 5.74) is 0. The van der Waals surface area contributed by atoms with Gasteiger partial charge in [0.1, 0.15) is 12.2 Å². The van der Waals surface area contributed by atoms with Crippen LogP contribution in [-0.2, 0) is 14.3 Å². The number of piperazine rings is 1. The molecule has 2 rings (SSSR count). The summed E-state index contributed by atoms with van der Waals surface area (Å²) in [5, 5.41) is 0. The number of rotatable bonds is 3. The Morgan fingerprint density at radius 2 is 2.09 bits per heavy atom. The zero-order chi connectivity index (χ0) is 16.4. The molecule has 7 nitrogen and oxygen atoms in total. The van der Waals surface area contributed by atoms with Gasteiger partial charge in [-0.2, -0.15) is 0 Å². The minimum atomic E-state index is -0.539. The summed E-state index contributed by atoms with van der Waals surface area (Å²) in [6, 6.07) is -0.539. The lowest BCUT2D eigenvalue weighted by Crippen LogP contribution is -2.70. The first-order chi connectivity index (χ1) is 10.4. The molecule has 0 aromatic carbocycles. The monoisotopic (exact) mass is 311 g/mol. The second-order valence-electron chi connectivity index (χ2n) is 6.13. The van der Waals surface area contributed by atoms with Crippen LogP contribution >= 0.6 is 0 Å². The number of hydrogen-bond acceptors (Lipinski definition) is 4. The van der Waals surface area contributed by atoms with Crippen LogP contribution in [0.3, 0.4) is 0 Å². The van der Waals surface area contributed by atoms with Crippen molar-refractivity contribution in [3.05, 3.63) is 0 Å². The van der Waals surface area contributed by atoms with Crippen LogP contribution in [0.2, 0.25) is 0 Å². The Kier molecular flexibility index (Phi) is 4.93. The van der Waals surface area contributed by atoms with Gasteiger partial charge in [-0.05, 0) is 12.8 Å². The van der Waals surface area contributed by atoms with E-state index in [9.17, 15) is 14.4 Å². The van der Waals surface area contributed by atoms with Crippen molar-refractivity contribution in [3.8, 4) is 0 Å². The predicted octanol–water partition coefficient (Wildman–Crippen LogP) is 0.890. The molecular formula is C15H25N3O4. The van der Waals surface area contributed by atoms with E-state index in [4.69, 9.17) is 4.74 Å². The second-order valence-corrected chi connectivity index (χ2v) is 6.13. The molecule has 0 N–H and O–H groups in total. The third-order valence-electron chi connectivity index (χ3n) is 4.64. The van der Waals surface area contributed by atoms with Gasteiger partial charge in [0.15, 0.2) is 0 Å². The van der Waals surface area contributed by atoms with Gasteiger partial charge in [0.25, 0.3) is 0 Å². The number of nitrogens with zero attached hydrogens (tertiary/aromatic N) is 3. The van der Waals surface area contributed by atoms with Gasteiger partial charge in [-0.15, -0.1) is 0 Å². The molecule has 3 atom stereocenters. The summed E-state index contributed by atoms with van der Waals surface area (Å²) in [6.07, 6.45) is 0.332. The predicted molar refractivity (Wildman–Crippen MR) is 79.9 cm³/mol. The summed E-state index contributed by atoms with van der Waals surface area (Å²) < 4.78 is 4.82. The molecule has 22 heavy (non-hydrogen) atoms. The second kappa shape index (κ2) is 6.54. The minimum Gasteiger partial charge on any atom is -0.453 e. The topological polar surface area (TPSA) is 70.2 Å². The van der Waals surface area contributed by atoms with Crippen molar-refractivity contribution < 1.29 is 19.1 Å². The van der Waals surface area contributed by atoms with Crippen LogP contribution in [0.1, 0.15) is 33.6 Å². The molecule has 2 saturated heterocycles. The van der Waals surface area contributed by atoms with E-state index in [1.54, 1.807) is 16.7 Å². The van der Waals surface area contributed by atoms with Crippen molar-refractivity contribution in [2.75, 3.05) is 26.7 Å². The highest BCUT2D eigenvalue weighted by Gasteiger charge is 2.47. The molecule has 2 aliphatic rings. The zero-order valence-corrected chi connectivity index (χ0v) is 13.7. The van der Waals surface area contributed by atoms with Gasteiger partial charge in [-0.25, -0.2) is 4.79 Å². The Hall–Kier alpha value is -1.79. The summed E-state index contributed by atoms with van der Waals surface area (Å²) in [5.74, 6) is 0.263. The molecule has 2 aliphatic heterocycles. The molecule has 124 valence electrons. The Balaban J connectivity index is 2.24. The molecule has 0 radical (unpaired) electrons. The zero-order valence-electron chi connectivity index (χ0n) is 13.7. The highest BCUT2D eigenvalue weighted by molar-refractivity contribution is 5.90. The molecule has 7 heteroatoms. The van der Waals surface area contributed by atoms with E-state index in [2.05, 4.69) is 13.8 Å². The Labute approximate surface area is 131 Å². The smallest absolute Gasteiger partial charge is 0.411 e. The minimum absolute atomic E-state index is 0.0448. The standard InChI is InChI=1S/C15H25N3O4/c1-5-10(2)8-16-9-12-17(15(21)22-4)7-6-13(19)18(12)11(3)14(16)20/h10-12H,5-9H2,1-4H3. The number of carbonyl (C=O) groups is 3. The van der Waals surface area contributed by atoms with Gasteiger partial charge >= 0.3 is 6.09 Å². The van der Waals surface area contributed by atoms with Crippen LogP contribution < -0.4 is 0 Å². The maximum atomic E-state index is 12.5. The largest absolute Gasteiger partial charge is 0.453 e. The van der Waals surface area contributed by atoms with Crippen LogP contribution in [0, 0.1) is 5.92 Å². The molecule has 3 unspecified atom stereocenters. The lowest BCUT2D eigenvalue weighted by Gasteiger charge is -2.51. The van der Waals surface area contributed by atoms with E-state index < -0.39 is 18.3 Å². The third-order valence-corrected chi connectivity index (χ3v) is 4.64. The number of methoxy groups -OCH3 is 1. The lowest BCUT2D eigenvalue weighted by atomic mass is 10.0. The van der Waals surface area contributed by atoms with E-state index in [0.29, 0.717) is 25.6 Å². The van der Waals surface area contributed by atoms with Gasteiger partial charge in [0.2, 0.25) is 11.8 Å². The SMILES string of the molecule is CCC(C)CN1CC2N(C(=O)OC)CCC(=O)N2C(C)C1=O. The van der Waals surface area contributed by atoms with E-state index in [1.165, 1.54) is 12.0 Å². The van der Waals surface area contributed by atoms with Gasteiger partial charge in [-0.1, -0.05) is 20.3 Å². The van der Waals surface area contributed by atoms with Crippen LogP contribution in [-0.4, -0.2) is 71.6 Å². The van der Waals surface area contributed by atoms with Crippen molar-refractivity contribution in [2.45, 2.75) is 45.8 Å². The molecule has 3 amide bonds. The number of carbonyl (C=O) groups excluding carboxylic acids is 3. The van der Waals surface area contributed by atoms with E-state index >= 15 is 0 Å². The van der Waals surface area contributed by atoms with E-state index in [1.807, 2.05) is 0 Å². The highest BCUT2D eigenvalue weighted by atomic mass is 16.5. The molecule has 2 heterocycles. The van der Waals surface area contributed by atoms with E-state index in [0.717, 1.165) is 6.42 Å². The van der Waals surface area contributed by atoms with Gasteiger partial charge in [0.05, 0.1) is 13.7 Å². The molecule has 0 aliphatic carbocycles. The number of fused-ring (bicyclic) bond motifs is 1. The average molecular weight is 311 g/mol. The molecular weight excluding hydrogens is 286 g/mol. The first-order valence-electron chi connectivity index (χ1n) is 7.85. The van der Waals surface area contributed by atoms with Crippen molar-refractivity contribution >= 4 is 17.9 Å². The first kappa shape index (κ1) is 16.6. The molecule has 0 aromatic rings. The van der Waals surface area contributed by atoms with Crippen molar-refractivity contribution in [1.29, 1.82) is 0 Å². The summed E-state index contributed by atoms with van der Waals surface area (Å²) in [6.45, 7) is 7.25. The highest BCUT2D eigenvalue weighted by Crippen LogP contribution is 2.26. The summed E-state index contributed by atoms with van der Waals surface area (Å²) >= 11 is 0. The van der Waals surface area contributed by atoms with Crippen LogP contribution in [0.5, 0.6) is 0 Å². The molecule has 0 bridgehead atoms. The maximum Gasteiger partial charge on any atom is 0.411 e. The van der Waals surface area contributed by atoms with Gasteiger partial charge in [0, 0.05) is 19.5 Å². The van der Waals surface area contributed by atoms with Crippen molar-refractivity contribution in [3.63, 3.8) is 0 Å². The van der Waals surface area contributed by atoms with Gasteiger partial charge in [-0.3, -0.25) is 14.5 Å². The number of hydrogen-bond donors (Lipinski definition) is 0. The lowest BCUT2D eigenvalue weighted by molar-refractivity contribution is -0.167. The summed E-state index contributed by atoms with van der Waals surface area (Å²) in [4.78, 5) is 41.5. The van der Waals surface area contributed by atoms with Crippen LogP contribution in [0.25, 0.3) is 0 Å². The fourth-order valence-electron chi connectivity index (χ4n) is 3.14. The van der Waals surface area contributed by atoms with Crippen LogP contribution in [0.4, 0.5) is 4.79 Å². The first-order valence-corrected chi connectivity index (χ1v) is 7.85. The molecule has 0 spiro atoms. The van der Waals surface area contributed by atoms with Crippen molar-refractivity contribution in [1.82, 2.24) is 14.7 Å². The number of amides is 3. The number of ether oxygens (including phenoxy) is 1. The molecule has 0 aromatic heterocycles. The van der Waals surface area contributed by atoms with Crippen molar-refractivity contribution in [2.24, 2.45) is 5.92 Å². The molecule has 0 saturated carbocycles. The third kappa shape index (κ3) is 2.89. The normalized spacial score (nSPS) is 26.8. The Bertz CT molecular complexity index is 468. The van der Waals surface area contributed by atoms with E-state index in [-0.39, 0.29) is 18.2 Å². The average Bonchev–Trinajstić information content (AvgIpc) is 2.51. The quantitative estimate of drug-likeness (QED) is 0.776. The molecule has 2 fully saturated rings. The fourth-order valence-corrected chi connectivity index (χ4v) is 3.14. The van der Waals surface area contributed by atoms with Crippen LogP contribution in [0.15, 0.2) is 0 Å². The summed E-state index contributed by atoms with van der Waals surface area (Å²) in [7, 11) is 1.33. The van der Waals surface area contributed by atoms with Gasteiger partial charge < -0.3 is 14.5 Å².